The second kappa shape index (κ2) is 10.7. The van der Waals surface area contributed by atoms with E-state index in [1.807, 2.05) is 0 Å². The molecule has 3 aliphatic rings. The van der Waals surface area contributed by atoms with E-state index in [2.05, 4.69) is 0 Å². The fourth-order valence-corrected chi connectivity index (χ4v) is 5.35. The molecule has 12 nitrogen and oxygen atoms in total. The molecule has 0 saturated heterocycles. The molecule has 1 fully saturated rings. The normalized spacial score (nSPS) is 26.7. The third-order valence-electron chi connectivity index (χ3n) is 7.15. The number of rotatable bonds is 8. The van der Waals surface area contributed by atoms with Gasteiger partial charge in [-0.05, 0) is 41.0 Å². The van der Waals surface area contributed by atoms with Gasteiger partial charge in [-0.1, -0.05) is 24.3 Å². The van der Waals surface area contributed by atoms with Gasteiger partial charge in [0.05, 0.1) is 18.1 Å². The topological polar surface area (TPSA) is 222 Å². The van der Waals surface area contributed by atoms with E-state index in [0.717, 1.165) is 18.2 Å². The number of carbonyl (C=O) groups excluding carboxylic acids is 1. The first-order valence-corrected chi connectivity index (χ1v) is 11.8. The van der Waals surface area contributed by atoms with Crippen molar-refractivity contribution in [2.24, 2.45) is 17.8 Å². The molecule has 8 N–H and O–H groups in total. The molecule has 7 atom stereocenters. The Kier molecular flexibility index (Phi) is 7.52. The Labute approximate surface area is 221 Å². The summed E-state index contributed by atoms with van der Waals surface area (Å²) in [4.78, 5) is 36.4. The molecule has 0 heterocycles. The van der Waals surface area contributed by atoms with Crippen LogP contribution in [0, 0.1) is 17.8 Å². The van der Waals surface area contributed by atoms with Gasteiger partial charge in [-0.2, -0.15) is 0 Å². The van der Waals surface area contributed by atoms with Crippen LogP contribution in [0.5, 0.6) is 23.0 Å². The molecule has 0 aliphatic heterocycles. The molecule has 1 saturated carbocycles. The lowest BCUT2D eigenvalue weighted by Gasteiger charge is -2.51. The molecule has 0 radical (unpaired) electrons. The van der Waals surface area contributed by atoms with Gasteiger partial charge in [-0.25, -0.2) is 9.59 Å². The minimum atomic E-state index is -1.64. The molecule has 2 aromatic carbocycles. The van der Waals surface area contributed by atoms with Crippen LogP contribution in [0.4, 0.5) is 0 Å². The van der Waals surface area contributed by atoms with Crippen LogP contribution in [0.25, 0.3) is 0 Å². The van der Waals surface area contributed by atoms with Crippen molar-refractivity contribution in [3.8, 4) is 23.0 Å². The van der Waals surface area contributed by atoms with Crippen LogP contribution in [0.3, 0.4) is 0 Å². The van der Waals surface area contributed by atoms with E-state index >= 15 is 0 Å². The highest BCUT2D eigenvalue weighted by atomic mass is 16.6. The predicted molar refractivity (Wildman–Crippen MR) is 131 cm³/mol. The number of phenols is 4. The first kappa shape index (κ1) is 27.5. The third kappa shape index (κ3) is 5.38. The number of fused-ring (bicyclic) bond motifs is 2. The molecule has 12 heteroatoms. The molecule has 0 aromatic heterocycles. The van der Waals surface area contributed by atoms with Gasteiger partial charge in [0, 0.05) is 30.3 Å². The Balaban J connectivity index is 1.57. The summed E-state index contributed by atoms with van der Waals surface area (Å²) < 4.78 is 5.02. The summed E-state index contributed by atoms with van der Waals surface area (Å²) in [6.07, 6.45) is -1.22. The number of esters is 1. The fourth-order valence-electron chi connectivity index (χ4n) is 5.35. The molecular formula is C27H26O12. The average molecular weight is 542 g/mol. The van der Waals surface area contributed by atoms with E-state index in [0.29, 0.717) is 5.56 Å². The minimum absolute atomic E-state index is 0.219. The molecule has 2 aromatic rings. The van der Waals surface area contributed by atoms with E-state index in [1.165, 1.54) is 36.4 Å². The molecule has 0 spiro atoms. The third-order valence-corrected chi connectivity index (χ3v) is 7.15. The largest absolute Gasteiger partial charge is 0.504 e. The summed E-state index contributed by atoms with van der Waals surface area (Å²) in [5, 5.41) is 79.4. The Morgan fingerprint density at radius 2 is 1.49 bits per heavy atom. The molecule has 5 rings (SSSR count). The van der Waals surface area contributed by atoms with E-state index in [-0.39, 0.29) is 17.6 Å². The number of hydrogen-bond donors (Lipinski definition) is 8. The van der Waals surface area contributed by atoms with Crippen molar-refractivity contribution < 1.29 is 60.0 Å². The summed E-state index contributed by atoms with van der Waals surface area (Å²) in [5.74, 6) is -9.84. The van der Waals surface area contributed by atoms with Crippen LogP contribution < -0.4 is 0 Å². The van der Waals surface area contributed by atoms with Crippen LogP contribution in [0.15, 0.2) is 60.2 Å². The van der Waals surface area contributed by atoms with E-state index < -0.39 is 82.9 Å². The van der Waals surface area contributed by atoms with Crippen molar-refractivity contribution in [3.63, 3.8) is 0 Å². The molecule has 5 unspecified atom stereocenters. The van der Waals surface area contributed by atoms with Crippen molar-refractivity contribution in [2.75, 3.05) is 0 Å². The number of aliphatic carboxylic acids is 2. The van der Waals surface area contributed by atoms with E-state index in [1.54, 1.807) is 0 Å². The maximum atomic E-state index is 12.5. The Bertz CT molecular complexity index is 1360. The predicted octanol–water partition coefficient (Wildman–Crippen LogP) is 0.996. The number of aromatic hydroxyl groups is 4. The second-order valence-corrected chi connectivity index (χ2v) is 9.51. The maximum absolute atomic E-state index is 12.5. The number of benzene rings is 2. The van der Waals surface area contributed by atoms with Gasteiger partial charge in [0.25, 0.3) is 0 Å². The van der Waals surface area contributed by atoms with Gasteiger partial charge in [0.2, 0.25) is 6.10 Å². The number of carbonyl (C=O) groups is 3. The Morgan fingerprint density at radius 1 is 0.846 bits per heavy atom. The lowest BCUT2D eigenvalue weighted by Crippen LogP contribution is -2.56. The fraction of sp³-hybridized carbons (Fsp3) is 0.296. The van der Waals surface area contributed by atoms with Gasteiger partial charge in [-0.15, -0.1) is 0 Å². The van der Waals surface area contributed by atoms with Crippen molar-refractivity contribution in [1.29, 1.82) is 0 Å². The summed E-state index contributed by atoms with van der Waals surface area (Å²) in [6.45, 7) is 0. The van der Waals surface area contributed by atoms with Crippen LogP contribution in [-0.4, -0.2) is 77.1 Å². The molecule has 2 bridgehead atoms. The van der Waals surface area contributed by atoms with Crippen molar-refractivity contribution in [1.82, 2.24) is 0 Å². The number of carboxylic acids is 2. The smallest absolute Gasteiger partial charge is 0.345 e. The summed E-state index contributed by atoms with van der Waals surface area (Å²) in [5.41, 5.74) is 0.813. The summed E-state index contributed by atoms with van der Waals surface area (Å²) >= 11 is 0. The number of allylic oxidation sites excluding steroid dienone is 1. The standard InChI is InChI=1S/C27H26O12/c28-15-4-1-11(7-17(15)30)8-19(26(35)36)39-20(32)6-3-12-9-14-21(13-2-5-16(29)18(31)10-13)23(27(37)38)22(12)25(34)24(14)33/h1-7,9-10,14,19,21-25,28-31,33-34H,8H2,(H,35,36)(H,37,38)/b6-3+/t14-,19?,21?,22+,23?,24?,25?/m1/s1. The lowest BCUT2D eigenvalue weighted by atomic mass is 9.55. The number of phenolic OH excluding ortho intramolecular Hbond substituents is 4. The number of aliphatic hydroxyl groups excluding tert-OH is 2. The summed E-state index contributed by atoms with van der Waals surface area (Å²) in [6, 6.07) is 7.42. The van der Waals surface area contributed by atoms with Gasteiger partial charge >= 0.3 is 17.9 Å². The maximum Gasteiger partial charge on any atom is 0.345 e. The van der Waals surface area contributed by atoms with Gasteiger partial charge in [0.15, 0.2) is 23.0 Å². The SMILES string of the molecule is O=C(/C=C/C1=C[C@H]2C(O)C(O)[C@@H]1C(C(=O)O)C2c1ccc(O)c(O)c1)OC(Cc1ccc(O)c(O)c1)C(=O)O. The first-order chi connectivity index (χ1) is 18.4. The average Bonchev–Trinajstić information content (AvgIpc) is 2.88. The minimum Gasteiger partial charge on any atom is -0.504 e. The highest BCUT2D eigenvalue weighted by Crippen LogP contribution is 2.54. The van der Waals surface area contributed by atoms with Crippen molar-refractivity contribution in [2.45, 2.75) is 30.7 Å². The van der Waals surface area contributed by atoms with Crippen molar-refractivity contribution >= 4 is 17.9 Å². The lowest BCUT2D eigenvalue weighted by molar-refractivity contribution is -0.160. The van der Waals surface area contributed by atoms with Gasteiger partial charge in [0.1, 0.15) is 0 Å². The van der Waals surface area contributed by atoms with Crippen LogP contribution in [-0.2, 0) is 25.5 Å². The molecular weight excluding hydrogens is 516 g/mol. The highest BCUT2D eigenvalue weighted by molar-refractivity contribution is 5.86. The monoisotopic (exact) mass is 542 g/mol. The highest BCUT2D eigenvalue weighted by Gasteiger charge is 2.56. The molecule has 206 valence electrons. The van der Waals surface area contributed by atoms with E-state index in [4.69, 9.17) is 4.74 Å². The van der Waals surface area contributed by atoms with E-state index in [9.17, 15) is 55.2 Å². The second-order valence-electron chi connectivity index (χ2n) is 9.51. The van der Waals surface area contributed by atoms with Crippen LogP contribution >= 0.6 is 0 Å². The summed E-state index contributed by atoms with van der Waals surface area (Å²) in [7, 11) is 0. The molecule has 0 amide bonds. The first-order valence-electron chi connectivity index (χ1n) is 11.8. The Morgan fingerprint density at radius 3 is 2.08 bits per heavy atom. The zero-order chi connectivity index (χ0) is 28.6. The number of ether oxygens (including phenoxy) is 1. The van der Waals surface area contributed by atoms with Gasteiger partial charge < -0.3 is 45.6 Å². The zero-order valence-electron chi connectivity index (χ0n) is 20.2. The number of hydrogen-bond acceptors (Lipinski definition) is 10. The quantitative estimate of drug-likeness (QED) is 0.133. The number of carboxylic acid groups (broad SMARTS) is 2. The van der Waals surface area contributed by atoms with Gasteiger partial charge in [-0.3, -0.25) is 4.79 Å². The zero-order valence-corrected chi connectivity index (χ0v) is 20.2. The van der Waals surface area contributed by atoms with Crippen LogP contribution in [0.1, 0.15) is 17.0 Å². The number of aliphatic hydroxyl groups is 2. The van der Waals surface area contributed by atoms with Crippen LogP contribution in [0.2, 0.25) is 0 Å². The van der Waals surface area contributed by atoms with Crippen molar-refractivity contribution in [3.05, 3.63) is 71.3 Å². The molecule has 3 aliphatic carbocycles. The molecule has 39 heavy (non-hydrogen) atoms. The Hall–Kier alpha value is -4.55.